The van der Waals surface area contributed by atoms with Crippen molar-refractivity contribution in [1.82, 2.24) is 5.32 Å². The van der Waals surface area contributed by atoms with Crippen LogP contribution in [0.5, 0.6) is 0 Å². The van der Waals surface area contributed by atoms with Gasteiger partial charge in [0.15, 0.2) is 0 Å². The first-order valence-electron chi connectivity index (χ1n) is 6.12. The predicted molar refractivity (Wildman–Crippen MR) is 89.8 cm³/mol. The monoisotopic (exact) mass is 399 g/mol. The predicted octanol–water partition coefficient (Wildman–Crippen LogP) is 5.47. The van der Waals surface area contributed by atoms with Crippen LogP contribution in [-0.4, -0.2) is 6.54 Å². The first kappa shape index (κ1) is 15.1. The number of nitrogens with one attached hydrogen (secondary N) is 1. The molecule has 0 amide bonds. The van der Waals surface area contributed by atoms with Gasteiger partial charge in [-0.2, -0.15) is 0 Å². The molecule has 0 unspecified atom stereocenters. The first-order valence-corrected chi connectivity index (χ1v) is 8.52. The zero-order valence-electron chi connectivity index (χ0n) is 10.6. The molecule has 0 bridgehead atoms. The van der Waals surface area contributed by atoms with Crippen molar-refractivity contribution in [2.24, 2.45) is 0 Å². The van der Waals surface area contributed by atoms with Crippen LogP contribution in [0.1, 0.15) is 12.5 Å². The summed E-state index contributed by atoms with van der Waals surface area (Å²) in [5.74, 6) is 0. The minimum absolute atomic E-state index is 0.899. The van der Waals surface area contributed by atoms with E-state index in [0.29, 0.717) is 0 Å². The highest BCUT2D eigenvalue weighted by molar-refractivity contribution is 9.10. The molecule has 0 aromatic heterocycles. The van der Waals surface area contributed by atoms with Gasteiger partial charge in [0.05, 0.1) is 0 Å². The van der Waals surface area contributed by atoms with Crippen molar-refractivity contribution in [1.29, 1.82) is 0 Å². The number of benzene rings is 2. The molecule has 4 heteroatoms. The van der Waals surface area contributed by atoms with Crippen LogP contribution >= 0.6 is 43.6 Å². The quantitative estimate of drug-likeness (QED) is 0.713. The Hall–Kier alpha value is -0.290. The van der Waals surface area contributed by atoms with Gasteiger partial charge in [0, 0.05) is 25.3 Å². The van der Waals surface area contributed by atoms with Crippen LogP contribution in [0.25, 0.3) is 0 Å². The van der Waals surface area contributed by atoms with Crippen molar-refractivity contribution in [3.8, 4) is 0 Å². The van der Waals surface area contributed by atoms with E-state index in [4.69, 9.17) is 0 Å². The molecule has 1 N–H and O–H groups in total. The molecule has 2 rings (SSSR count). The Kier molecular flexibility index (Phi) is 5.95. The topological polar surface area (TPSA) is 12.0 Å². The van der Waals surface area contributed by atoms with Crippen LogP contribution in [-0.2, 0) is 6.54 Å². The maximum Gasteiger partial charge on any atom is 0.0314 e. The summed E-state index contributed by atoms with van der Waals surface area (Å²) in [5, 5.41) is 3.38. The van der Waals surface area contributed by atoms with Crippen LogP contribution in [0.3, 0.4) is 0 Å². The van der Waals surface area contributed by atoms with Gasteiger partial charge in [-0.05, 0) is 52.3 Å². The van der Waals surface area contributed by atoms with E-state index in [1.807, 2.05) is 6.07 Å². The number of halogens is 2. The molecule has 0 saturated heterocycles. The van der Waals surface area contributed by atoms with E-state index in [9.17, 15) is 0 Å². The fourth-order valence-corrected chi connectivity index (χ4v) is 3.72. The second kappa shape index (κ2) is 7.48. The van der Waals surface area contributed by atoms with Gasteiger partial charge in [0.2, 0.25) is 0 Å². The standard InChI is InChI=1S/C15H15Br2NS/c1-2-18-10-11-7-8-12(16)9-15(11)19-14-6-4-3-5-13(14)17/h3-9,18H,2,10H2,1H3. The fourth-order valence-electron chi connectivity index (χ4n) is 1.68. The average Bonchev–Trinajstić information content (AvgIpc) is 2.40. The van der Waals surface area contributed by atoms with Crippen molar-refractivity contribution >= 4 is 43.6 Å². The van der Waals surface area contributed by atoms with Gasteiger partial charge in [-0.25, -0.2) is 0 Å². The van der Waals surface area contributed by atoms with E-state index in [1.165, 1.54) is 15.4 Å². The molecule has 0 fully saturated rings. The molecular weight excluding hydrogens is 386 g/mol. The normalized spacial score (nSPS) is 10.7. The van der Waals surface area contributed by atoms with E-state index in [2.05, 4.69) is 80.5 Å². The lowest BCUT2D eigenvalue weighted by Crippen LogP contribution is -2.12. The number of hydrogen-bond acceptors (Lipinski definition) is 2. The van der Waals surface area contributed by atoms with Gasteiger partial charge >= 0.3 is 0 Å². The van der Waals surface area contributed by atoms with E-state index in [-0.39, 0.29) is 0 Å². The summed E-state index contributed by atoms with van der Waals surface area (Å²) in [4.78, 5) is 2.51. The maximum absolute atomic E-state index is 3.60. The average molecular weight is 401 g/mol. The van der Waals surface area contributed by atoms with Crippen LogP contribution in [0.2, 0.25) is 0 Å². The van der Waals surface area contributed by atoms with Crippen LogP contribution in [0.15, 0.2) is 61.2 Å². The Morgan fingerprint density at radius 3 is 2.58 bits per heavy atom. The third kappa shape index (κ3) is 4.35. The largest absolute Gasteiger partial charge is 0.313 e. The molecular formula is C15H15Br2NS. The first-order chi connectivity index (χ1) is 9.20. The minimum Gasteiger partial charge on any atom is -0.313 e. The number of hydrogen-bond donors (Lipinski definition) is 1. The summed E-state index contributed by atoms with van der Waals surface area (Å²) in [6, 6.07) is 14.8. The van der Waals surface area contributed by atoms with Gasteiger partial charge in [0.1, 0.15) is 0 Å². The maximum atomic E-state index is 3.60. The molecule has 0 saturated carbocycles. The van der Waals surface area contributed by atoms with E-state index >= 15 is 0 Å². The molecule has 0 atom stereocenters. The van der Waals surface area contributed by atoms with Gasteiger partial charge in [0.25, 0.3) is 0 Å². The van der Waals surface area contributed by atoms with Crippen LogP contribution in [0.4, 0.5) is 0 Å². The highest BCUT2D eigenvalue weighted by atomic mass is 79.9. The Labute approximate surface area is 135 Å². The Balaban J connectivity index is 2.27. The molecule has 0 aliphatic carbocycles. The van der Waals surface area contributed by atoms with Crippen molar-refractivity contribution in [2.75, 3.05) is 6.54 Å². The third-order valence-electron chi connectivity index (χ3n) is 2.65. The second-order valence-electron chi connectivity index (χ2n) is 4.06. The molecule has 2 aromatic carbocycles. The van der Waals surface area contributed by atoms with Crippen molar-refractivity contribution in [2.45, 2.75) is 23.3 Å². The van der Waals surface area contributed by atoms with Crippen molar-refractivity contribution < 1.29 is 0 Å². The molecule has 0 spiro atoms. The van der Waals surface area contributed by atoms with E-state index in [1.54, 1.807) is 11.8 Å². The molecule has 0 radical (unpaired) electrons. The van der Waals surface area contributed by atoms with Crippen molar-refractivity contribution in [3.63, 3.8) is 0 Å². The highest BCUT2D eigenvalue weighted by Gasteiger charge is 2.07. The zero-order chi connectivity index (χ0) is 13.7. The molecule has 1 nitrogen and oxygen atoms in total. The van der Waals surface area contributed by atoms with Gasteiger partial charge in [-0.1, -0.05) is 52.8 Å². The molecule has 0 aliphatic heterocycles. The molecule has 19 heavy (non-hydrogen) atoms. The molecule has 2 aromatic rings. The summed E-state index contributed by atoms with van der Waals surface area (Å²) in [7, 11) is 0. The van der Waals surface area contributed by atoms with Gasteiger partial charge in [-0.15, -0.1) is 0 Å². The van der Waals surface area contributed by atoms with E-state index < -0.39 is 0 Å². The van der Waals surface area contributed by atoms with Crippen LogP contribution in [0, 0.1) is 0 Å². The van der Waals surface area contributed by atoms with Gasteiger partial charge < -0.3 is 5.32 Å². The smallest absolute Gasteiger partial charge is 0.0314 e. The molecule has 0 heterocycles. The highest BCUT2D eigenvalue weighted by Crippen LogP contribution is 2.36. The number of rotatable bonds is 5. The summed E-state index contributed by atoms with van der Waals surface area (Å²) >= 11 is 8.94. The lowest BCUT2D eigenvalue weighted by atomic mass is 10.2. The Morgan fingerprint density at radius 2 is 1.84 bits per heavy atom. The Morgan fingerprint density at radius 1 is 1.05 bits per heavy atom. The third-order valence-corrected chi connectivity index (χ3v) is 5.27. The minimum atomic E-state index is 0.899. The SMILES string of the molecule is CCNCc1ccc(Br)cc1Sc1ccccc1Br. The lowest BCUT2D eigenvalue weighted by Gasteiger charge is -2.11. The fraction of sp³-hybridized carbons (Fsp3) is 0.200. The van der Waals surface area contributed by atoms with E-state index in [0.717, 1.165) is 22.0 Å². The molecule has 100 valence electrons. The summed E-state index contributed by atoms with van der Waals surface area (Å²) < 4.78 is 2.25. The van der Waals surface area contributed by atoms with Crippen LogP contribution < -0.4 is 5.32 Å². The summed E-state index contributed by atoms with van der Waals surface area (Å²) in [6.07, 6.45) is 0. The lowest BCUT2D eigenvalue weighted by molar-refractivity contribution is 0.718. The Bertz CT molecular complexity index is 558. The van der Waals surface area contributed by atoms with Gasteiger partial charge in [-0.3, -0.25) is 0 Å². The summed E-state index contributed by atoms with van der Waals surface area (Å²) in [5.41, 5.74) is 1.32. The molecule has 0 aliphatic rings. The summed E-state index contributed by atoms with van der Waals surface area (Å²) in [6.45, 7) is 4.01. The van der Waals surface area contributed by atoms with Crippen molar-refractivity contribution in [3.05, 3.63) is 57.0 Å². The second-order valence-corrected chi connectivity index (χ2v) is 6.92. The zero-order valence-corrected chi connectivity index (χ0v) is 14.6.